The molecule has 2 aromatic carbocycles. The molecule has 1 aliphatic rings. The lowest BCUT2D eigenvalue weighted by Gasteiger charge is -2.28. The first-order chi connectivity index (χ1) is 18.3. The van der Waals surface area contributed by atoms with E-state index in [4.69, 9.17) is 4.74 Å². The zero-order valence-electron chi connectivity index (χ0n) is 20.5. The minimum Gasteiger partial charge on any atom is -0.477 e. The van der Waals surface area contributed by atoms with Crippen LogP contribution in [0.1, 0.15) is 34.3 Å². The number of hydrogen-bond donors (Lipinski definition) is 2. The monoisotopic (exact) mass is 521 g/mol. The normalized spacial score (nSPS) is 15.3. The van der Waals surface area contributed by atoms with E-state index in [1.54, 1.807) is 6.20 Å². The molecule has 0 amide bonds. The second-order valence-electron chi connectivity index (χ2n) is 9.24. The van der Waals surface area contributed by atoms with E-state index in [1.165, 1.54) is 22.8 Å². The van der Waals surface area contributed by atoms with Gasteiger partial charge in [0.2, 0.25) is 11.3 Å². The molecule has 2 N–H and O–H groups in total. The van der Waals surface area contributed by atoms with E-state index in [0.717, 1.165) is 36.7 Å². The summed E-state index contributed by atoms with van der Waals surface area (Å²) < 4.78 is 37.7. The Morgan fingerprint density at radius 1 is 1.16 bits per heavy atom. The highest BCUT2D eigenvalue weighted by Crippen LogP contribution is 2.33. The molecule has 1 fully saturated rings. The fourth-order valence-corrected chi connectivity index (χ4v) is 4.87. The van der Waals surface area contributed by atoms with Gasteiger partial charge < -0.3 is 24.4 Å². The maximum Gasteiger partial charge on any atom is 0.341 e. The Morgan fingerprint density at radius 2 is 1.95 bits per heavy atom. The summed E-state index contributed by atoms with van der Waals surface area (Å²) >= 11 is 0. The van der Waals surface area contributed by atoms with Crippen LogP contribution in [0.25, 0.3) is 16.6 Å². The minimum atomic E-state index is -1.51. The van der Waals surface area contributed by atoms with Gasteiger partial charge >= 0.3 is 5.97 Å². The molecule has 3 heterocycles. The second-order valence-corrected chi connectivity index (χ2v) is 9.24. The number of hydrogen-bond acceptors (Lipinski definition) is 6. The van der Waals surface area contributed by atoms with E-state index in [2.05, 4.69) is 4.98 Å². The number of carboxylic acid groups (broad SMARTS) is 1. The number of benzene rings is 2. The van der Waals surface area contributed by atoms with Gasteiger partial charge in [0.15, 0.2) is 0 Å². The van der Waals surface area contributed by atoms with Crippen molar-refractivity contribution in [3.8, 4) is 11.6 Å². The third-order valence-electron chi connectivity index (χ3n) is 6.82. The van der Waals surface area contributed by atoms with Crippen molar-refractivity contribution in [2.75, 3.05) is 18.1 Å². The lowest BCUT2D eigenvalue weighted by molar-refractivity contribution is 0.0695. The van der Waals surface area contributed by atoms with Gasteiger partial charge in [0.1, 0.15) is 23.8 Å². The summed E-state index contributed by atoms with van der Waals surface area (Å²) in [5, 5.41) is 18.7. The number of carboxylic acids is 1. The molecule has 0 unspecified atom stereocenters. The first kappa shape index (κ1) is 25.3. The number of carbonyl (C=O) groups is 1. The van der Waals surface area contributed by atoms with E-state index in [1.807, 2.05) is 24.0 Å². The van der Waals surface area contributed by atoms with Crippen molar-refractivity contribution in [1.29, 1.82) is 0 Å². The van der Waals surface area contributed by atoms with Gasteiger partial charge in [-0.3, -0.25) is 4.79 Å². The number of fused-ring (bicyclic) bond motifs is 1. The Labute approximate surface area is 216 Å². The molecule has 1 aliphatic heterocycles. The summed E-state index contributed by atoms with van der Waals surface area (Å²) in [5.41, 5.74) is 0.0246. The average Bonchev–Trinajstić information content (AvgIpc) is 3.37. The Balaban J connectivity index is 1.61. The highest BCUT2D eigenvalue weighted by Gasteiger charge is 2.29. The van der Waals surface area contributed by atoms with Gasteiger partial charge in [-0.25, -0.2) is 18.6 Å². The van der Waals surface area contributed by atoms with Crippen LogP contribution in [-0.2, 0) is 6.61 Å². The molecular formula is C28H25F2N3O5. The number of aryl methyl sites for hydroxylation is 1. The van der Waals surface area contributed by atoms with Crippen LogP contribution in [0, 0.1) is 18.6 Å². The standard InChI is InChI=1S/C28H25F2N3O5/c1-16-4-2-8-31-27(16)38-15-18-5-3-9-32(18)25-12-24-19(11-22(25)30)26(35)20(28(36)37)13-33(24)23-7-6-17(14-34)10-21(23)29/h2,4,6-8,10-13,18,34H,3,5,9,14-15H2,1H3,(H,36,37)/t18-/m1/s1. The summed E-state index contributed by atoms with van der Waals surface area (Å²) in [5.74, 6) is -2.44. The summed E-state index contributed by atoms with van der Waals surface area (Å²) in [6.45, 7) is 2.30. The topological polar surface area (TPSA) is 105 Å². The van der Waals surface area contributed by atoms with Crippen molar-refractivity contribution in [3.63, 3.8) is 0 Å². The molecule has 0 spiro atoms. The molecule has 1 atom stereocenters. The van der Waals surface area contributed by atoms with Crippen LogP contribution in [0.3, 0.4) is 0 Å². The first-order valence-corrected chi connectivity index (χ1v) is 12.1. The number of aromatic nitrogens is 2. The number of pyridine rings is 2. The maximum absolute atomic E-state index is 15.5. The molecule has 10 heteroatoms. The molecule has 0 radical (unpaired) electrons. The first-order valence-electron chi connectivity index (χ1n) is 12.1. The van der Waals surface area contributed by atoms with Crippen molar-refractivity contribution < 1.29 is 28.5 Å². The van der Waals surface area contributed by atoms with Crippen molar-refractivity contribution >= 4 is 22.6 Å². The van der Waals surface area contributed by atoms with E-state index in [0.29, 0.717) is 18.0 Å². The van der Waals surface area contributed by atoms with Gasteiger partial charge in [-0.15, -0.1) is 0 Å². The minimum absolute atomic E-state index is 0.0424. The highest BCUT2D eigenvalue weighted by molar-refractivity contribution is 5.94. The van der Waals surface area contributed by atoms with Crippen molar-refractivity contribution in [3.05, 3.63) is 93.4 Å². The van der Waals surface area contributed by atoms with Crippen molar-refractivity contribution in [2.24, 2.45) is 0 Å². The lowest BCUT2D eigenvalue weighted by Crippen LogP contribution is -2.35. The summed E-state index contributed by atoms with van der Waals surface area (Å²) in [4.78, 5) is 30.8. The molecular weight excluding hydrogens is 496 g/mol. The smallest absolute Gasteiger partial charge is 0.341 e. The molecule has 5 rings (SSSR count). The van der Waals surface area contributed by atoms with Gasteiger partial charge in [-0.05, 0) is 55.7 Å². The highest BCUT2D eigenvalue weighted by atomic mass is 19.1. The summed E-state index contributed by atoms with van der Waals surface area (Å²) in [6.07, 6.45) is 4.20. The number of aliphatic hydroxyl groups is 1. The van der Waals surface area contributed by atoms with Gasteiger partial charge in [0.05, 0.1) is 29.5 Å². The fourth-order valence-electron chi connectivity index (χ4n) is 4.87. The molecule has 4 aromatic rings. The number of anilines is 1. The van der Waals surface area contributed by atoms with Gasteiger partial charge in [-0.2, -0.15) is 0 Å². The predicted octanol–water partition coefficient (Wildman–Crippen LogP) is 4.21. The van der Waals surface area contributed by atoms with Crippen LogP contribution in [0.5, 0.6) is 5.88 Å². The van der Waals surface area contributed by atoms with Crippen LogP contribution in [-0.4, -0.2) is 44.9 Å². The fraction of sp³-hybridized carbons (Fsp3) is 0.250. The SMILES string of the molecule is Cc1cccnc1OC[C@H]1CCCN1c1cc2c(cc1F)c(=O)c(C(=O)O)cn2-c1ccc(CO)cc1F. The Kier molecular flexibility index (Phi) is 6.81. The molecule has 0 saturated carbocycles. The summed E-state index contributed by atoms with van der Waals surface area (Å²) in [7, 11) is 0. The maximum atomic E-state index is 15.5. The Hall–Kier alpha value is -4.31. The zero-order chi connectivity index (χ0) is 27.0. The van der Waals surface area contributed by atoms with Crippen molar-refractivity contribution in [2.45, 2.75) is 32.4 Å². The number of ether oxygens (including phenoxy) is 1. The Morgan fingerprint density at radius 3 is 2.66 bits per heavy atom. The summed E-state index contributed by atoms with van der Waals surface area (Å²) in [6, 6.07) is 9.96. The number of nitrogens with zero attached hydrogens (tertiary/aromatic N) is 3. The van der Waals surface area contributed by atoms with Gasteiger partial charge in [-0.1, -0.05) is 12.1 Å². The number of halogens is 2. The molecule has 0 aliphatic carbocycles. The largest absolute Gasteiger partial charge is 0.477 e. The number of aromatic carboxylic acids is 1. The number of rotatable bonds is 7. The van der Waals surface area contributed by atoms with Gasteiger partial charge in [0, 0.05) is 29.9 Å². The molecule has 196 valence electrons. The third kappa shape index (κ3) is 4.58. The lowest BCUT2D eigenvalue weighted by atomic mass is 10.1. The van der Waals surface area contributed by atoms with Crippen LogP contribution in [0.4, 0.5) is 14.5 Å². The third-order valence-corrected chi connectivity index (χ3v) is 6.82. The Bertz CT molecular complexity index is 1600. The van der Waals surface area contributed by atoms with E-state index >= 15 is 8.78 Å². The van der Waals surface area contributed by atoms with Crippen LogP contribution >= 0.6 is 0 Å². The van der Waals surface area contributed by atoms with Crippen LogP contribution in [0.2, 0.25) is 0 Å². The second kappa shape index (κ2) is 10.2. The molecule has 0 bridgehead atoms. The zero-order valence-corrected chi connectivity index (χ0v) is 20.5. The average molecular weight is 522 g/mol. The molecule has 8 nitrogen and oxygen atoms in total. The quantitative estimate of drug-likeness (QED) is 0.375. The molecule has 2 aromatic heterocycles. The van der Waals surface area contributed by atoms with E-state index < -0.39 is 28.6 Å². The predicted molar refractivity (Wildman–Crippen MR) is 137 cm³/mol. The van der Waals surface area contributed by atoms with E-state index in [-0.39, 0.29) is 41.5 Å². The van der Waals surface area contributed by atoms with Gasteiger partial charge in [0.25, 0.3) is 0 Å². The molecule has 38 heavy (non-hydrogen) atoms. The molecule has 1 saturated heterocycles. The van der Waals surface area contributed by atoms with E-state index in [9.17, 15) is 19.8 Å². The number of aliphatic hydroxyl groups excluding tert-OH is 1. The van der Waals surface area contributed by atoms with Crippen LogP contribution in [0.15, 0.2) is 59.7 Å². The van der Waals surface area contributed by atoms with Crippen molar-refractivity contribution in [1.82, 2.24) is 9.55 Å². The van der Waals surface area contributed by atoms with Crippen LogP contribution < -0.4 is 15.1 Å².